The van der Waals surface area contributed by atoms with Crippen LogP contribution in [-0.4, -0.2) is 29.5 Å². The Kier molecular flexibility index (Phi) is 3.08. The number of aliphatic carboxylic acids is 1. The molecule has 1 aliphatic heterocycles. The van der Waals surface area contributed by atoms with Crippen molar-refractivity contribution in [3.05, 3.63) is 29.8 Å². The second-order valence-corrected chi connectivity index (χ2v) is 6.53. The van der Waals surface area contributed by atoms with Crippen molar-refractivity contribution in [3.8, 4) is 0 Å². The third-order valence-electron chi connectivity index (χ3n) is 3.72. The Balaban J connectivity index is 1.68. The van der Waals surface area contributed by atoms with Crippen LogP contribution in [0.1, 0.15) is 24.8 Å². The monoisotopic (exact) mass is 264 g/mol. The van der Waals surface area contributed by atoms with E-state index in [-0.39, 0.29) is 11.8 Å². The molecule has 18 heavy (non-hydrogen) atoms. The first-order valence-corrected chi connectivity index (χ1v) is 7.13. The Morgan fingerprint density at radius 2 is 2.00 bits per heavy atom. The maximum absolute atomic E-state index is 10.9. The molecule has 0 spiro atoms. The minimum Gasteiger partial charge on any atom is -0.481 e. The van der Waals surface area contributed by atoms with E-state index in [2.05, 4.69) is 24.3 Å². The van der Waals surface area contributed by atoms with Gasteiger partial charge in [0, 0.05) is 10.3 Å². The molecule has 1 N–H and O–H groups in total. The molecule has 1 saturated carbocycles. The van der Waals surface area contributed by atoms with Gasteiger partial charge in [0.05, 0.1) is 24.9 Å². The number of thioether (sulfide) groups is 1. The van der Waals surface area contributed by atoms with Crippen LogP contribution in [0.2, 0.25) is 0 Å². The van der Waals surface area contributed by atoms with E-state index >= 15 is 0 Å². The molecule has 1 aromatic rings. The number of benzene rings is 1. The van der Waals surface area contributed by atoms with Crippen LogP contribution in [0.4, 0.5) is 0 Å². The summed E-state index contributed by atoms with van der Waals surface area (Å²) in [6, 6.07) is 8.41. The average Bonchev–Trinajstić information content (AvgIpc) is 3.04. The van der Waals surface area contributed by atoms with E-state index in [0.717, 1.165) is 26.1 Å². The summed E-state index contributed by atoms with van der Waals surface area (Å²) in [5, 5.41) is 9.53. The summed E-state index contributed by atoms with van der Waals surface area (Å²) in [5.41, 5.74) is 1.10. The lowest BCUT2D eigenvalue weighted by Gasteiger charge is -2.25. The predicted octanol–water partition coefficient (Wildman–Crippen LogP) is 2.68. The van der Waals surface area contributed by atoms with Crippen molar-refractivity contribution < 1.29 is 14.6 Å². The summed E-state index contributed by atoms with van der Waals surface area (Å²) in [4.78, 5) is 12.1. The first kappa shape index (κ1) is 12.1. The molecule has 2 aliphatic rings. The third-order valence-corrected chi connectivity index (χ3v) is 4.87. The molecule has 0 amide bonds. The van der Waals surface area contributed by atoms with Crippen LogP contribution >= 0.6 is 11.8 Å². The lowest BCUT2D eigenvalue weighted by Crippen LogP contribution is -2.29. The standard InChI is InChI=1S/C14H16O3S/c15-13(16)7-14(5-6-14)10-1-3-11(4-2-10)18-12-8-17-9-12/h1-4,12H,5-9H2,(H,15,16). The number of hydrogen-bond donors (Lipinski definition) is 1. The van der Waals surface area contributed by atoms with Crippen LogP contribution in [0.5, 0.6) is 0 Å². The molecule has 2 fully saturated rings. The van der Waals surface area contributed by atoms with Gasteiger partial charge >= 0.3 is 5.97 Å². The highest BCUT2D eigenvalue weighted by Gasteiger charge is 2.45. The molecule has 0 aromatic heterocycles. The molecule has 3 rings (SSSR count). The van der Waals surface area contributed by atoms with E-state index in [1.165, 1.54) is 10.5 Å². The van der Waals surface area contributed by atoms with Gasteiger partial charge in [0.1, 0.15) is 0 Å². The van der Waals surface area contributed by atoms with Crippen molar-refractivity contribution in [1.29, 1.82) is 0 Å². The maximum Gasteiger partial charge on any atom is 0.304 e. The fraction of sp³-hybridized carbons (Fsp3) is 0.500. The van der Waals surface area contributed by atoms with E-state index in [4.69, 9.17) is 9.84 Å². The van der Waals surface area contributed by atoms with Crippen molar-refractivity contribution in [2.24, 2.45) is 0 Å². The molecule has 1 saturated heterocycles. The highest BCUT2D eigenvalue weighted by molar-refractivity contribution is 8.00. The second kappa shape index (κ2) is 4.59. The molecule has 0 unspecified atom stereocenters. The fourth-order valence-electron chi connectivity index (χ4n) is 2.37. The maximum atomic E-state index is 10.9. The van der Waals surface area contributed by atoms with E-state index in [1.807, 2.05) is 11.8 Å². The molecule has 0 radical (unpaired) electrons. The molecular formula is C14H16O3S. The normalized spacial score (nSPS) is 21.3. The van der Waals surface area contributed by atoms with Crippen LogP contribution in [0.25, 0.3) is 0 Å². The Labute approximate surface area is 111 Å². The Morgan fingerprint density at radius 3 is 2.44 bits per heavy atom. The molecule has 1 aromatic carbocycles. The molecule has 4 heteroatoms. The summed E-state index contributed by atoms with van der Waals surface area (Å²) in [5.74, 6) is -0.697. The molecule has 3 nitrogen and oxygen atoms in total. The van der Waals surface area contributed by atoms with Gasteiger partial charge in [0.2, 0.25) is 0 Å². The van der Waals surface area contributed by atoms with Crippen LogP contribution in [0, 0.1) is 0 Å². The minimum absolute atomic E-state index is 0.0748. The van der Waals surface area contributed by atoms with Crippen LogP contribution in [-0.2, 0) is 14.9 Å². The lowest BCUT2D eigenvalue weighted by molar-refractivity contribution is -0.137. The van der Waals surface area contributed by atoms with E-state index < -0.39 is 5.97 Å². The SMILES string of the molecule is O=C(O)CC1(c2ccc(SC3COC3)cc2)CC1. The van der Waals surface area contributed by atoms with Crippen LogP contribution in [0.15, 0.2) is 29.2 Å². The largest absolute Gasteiger partial charge is 0.481 e. The Hall–Kier alpha value is -1.00. The van der Waals surface area contributed by atoms with Gasteiger partial charge in [-0.25, -0.2) is 0 Å². The number of hydrogen-bond acceptors (Lipinski definition) is 3. The van der Waals surface area contributed by atoms with Crippen molar-refractivity contribution in [2.75, 3.05) is 13.2 Å². The number of carbonyl (C=O) groups is 1. The van der Waals surface area contributed by atoms with E-state index in [1.54, 1.807) is 0 Å². The van der Waals surface area contributed by atoms with Gasteiger partial charge in [-0.2, -0.15) is 0 Å². The van der Waals surface area contributed by atoms with Gasteiger partial charge in [-0.3, -0.25) is 4.79 Å². The number of ether oxygens (including phenoxy) is 1. The van der Waals surface area contributed by atoms with Crippen LogP contribution < -0.4 is 0 Å². The van der Waals surface area contributed by atoms with Gasteiger partial charge in [-0.15, -0.1) is 11.8 Å². The van der Waals surface area contributed by atoms with Gasteiger partial charge < -0.3 is 9.84 Å². The van der Waals surface area contributed by atoms with E-state index in [0.29, 0.717) is 5.25 Å². The van der Waals surface area contributed by atoms with Crippen molar-refractivity contribution >= 4 is 17.7 Å². The van der Waals surface area contributed by atoms with Gasteiger partial charge in [-0.1, -0.05) is 12.1 Å². The lowest BCUT2D eigenvalue weighted by atomic mass is 9.93. The number of carboxylic acids is 1. The fourth-order valence-corrected chi connectivity index (χ4v) is 3.38. The summed E-state index contributed by atoms with van der Waals surface area (Å²) in [6.07, 6.45) is 2.26. The zero-order valence-electron chi connectivity index (χ0n) is 10.1. The molecular weight excluding hydrogens is 248 g/mol. The first-order valence-electron chi connectivity index (χ1n) is 6.25. The van der Waals surface area contributed by atoms with E-state index in [9.17, 15) is 4.79 Å². The van der Waals surface area contributed by atoms with Gasteiger partial charge in [-0.05, 0) is 30.5 Å². The second-order valence-electron chi connectivity index (χ2n) is 5.15. The molecule has 96 valence electrons. The minimum atomic E-state index is -0.697. The van der Waals surface area contributed by atoms with Crippen molar-refractivity contribution in [2.45, 2.75) is 34.8 Å². The highest BCUT2D eigenvalue weighted by atomic mass is 32.2. The Bertz CT molecular complexity index is 447. The summed E-state index contributed by atoms with van der Waals surface area (Å²) in [6.45, 7) is 1.69. The molecule has 1 aliphatic carbocycles. The first-order chi connectivity index (χ1) is 8.68. The molecule has 1 heterocycles. The quantitative estimate of drug-likeness (QED) is 0.888. The molecule has 0 bridgehead atoms. The summed E-state index contributed by atoms with van der Waals surface area (Å²) >= 11 is 1.84. The molecule has 0 atom stereocenters. The van der Waals surface area contributed by atoms with Gasteiger partial charge in [0.25, 0.3) is 0 Å². The summed E-state index contributed by atoms with van der Waals surface area (Å²) in [7, 11) is 0. The highest BCUT2D eigenvalue weighted by Crippen LogP contribution is 2.51. The van der Waals surface area contributed by atoms with Crippen LogP contribution in [0.3, 0.4) is 0 Å². The number of carboxylic acid groups (broad SMARTS) is 1. The number of rotatable bonds is 5. The van der Waals surface area contributed by atoms with Crippen molar-refractivity contribution in [1.82, 2.24) is 0 Å². The zero-order chi connectivity index (χ0) is 12.6. The predicted molar refractivity (Wildman–Crippen MR) is 70.1 cm³/mol. The smallest absolute Gasteiger partial charge is 0.304 e. The van der Waals surface area contributed by atoms with Gasteiger partial charge in [0.15, 0.2) is 0 Å². The average molecular weight is 264 g/mol. The Morgan fingerprint density at radius 1 is 1.33 bits per heavy atom. The van der Waals surface area contributed by atoms with Crippen molar-refractivity contribution in [3.63, 3.8) is 0 Å². The topological polar surface area (TPSA) is 46.5 Å². The summed E-state index contributed by atoms with van der Waals surface area (Å²) < 4.78 is 5.15. The zero-order valence-corrected chi connectivity index (χ0v) is 10.9. The third kappa shape index (κ3) is 2.40.